The highest BCUT2D eigenvalue weighted by molar-refractivity contribution is 7.99. The monoisotopic (exact) mass is 519 g/mol. The number of amides is 1. The molecule has 38 heavy (non-hydrogen) atoms. The number of nitrogens with one attached hydrogen (secondary N) is 1. The number of carbonyl (C=O) groups excluding carboxylic acids is 1. The van der Waals surface area contributed by atoms with E-state index in [0.717, 1.165) is 64.3 Å². The maximum atomic E-state index is 12.9. The topological polar surface area (TPSA) is 46.9 Å². The van der Waals surface area contributed by atoms with E-state index < -0.39 is 0 Å². The van der Waals surface area contributed by atoms with Crippen molar-refractivity contribution in [2.45, 2.75) is 37.9 Å². The van der Waals surface area contributed by atoms with Crippen LogP contribution in [0.4, 0.5) is 0 Å². The number of hydrogen-bond donors (Lipinski definition) is 1. The lowest BCUT2D eigenvalue weighted by molar-refractivity contribution is 0.0955. The number of thioether (sulfide) groups is 1. The number of unbranched alkanes of at least 4 members (excludes halogenated alkanes) is 1. The van der Waals surface area contributed by atoms with Crippen molar-refractivity contribution in [3.05, 3.63) is 109 Å². The minimum absolute atomic E-state index is 0.0195. The number of fused-ring (bicyclic) bond motifs is 1. The molecule has 4 nitrogen and oxygen atoms in total. The first-order chi connectivity index (χ1) is 18.8. The predicted molar refractivity (Wildman–Crippen MR) is 160 cm³/mol. The molecule has 5 rings (SSSR count). The van der Waals surface area contributed by atoms with Crippen LogP contribution in [0, 0.1) is 0 Å². The molecule has 0 spiro atoms. The number of benzene rings is 4. The molecule has 5 aromatic rings. The van der Waals surface area contributed by atoms with Crippen molar-refractivity contribution < 1.29 is 4.79 Å². The first-order valence-electron chi connectivity index (χ1n) is 13.4. The van der Waals surface area contributed by atoms with Crippen LogP contribution < -0.4 is 5.32 Å². The van der Waals surface area contributed by atoms with E-state index in [1.54, 1.807) is 11.8 Å². The average molecular weight is 520 g/mol. The summed E-state index contributed by atoms with van der Waals surface area (Å²) < 4.78 is 2.39. The Labute approximate surface area is 229 Å². The van der Waals surface area contributed by atoms with Crippen LogP contribution >= 0.6 is 11.8 Å². The molecule has 0 bridgehead atoms. The lowest BCUT2D eigenvalue weighted by Crippen LogP contribution is -2.25. The van der Waals surface area contributed by atoms with Crippen LogP contribution in [0.25, 0.3) is 33.3 Å². The molecule has 1 amide bonds. The molecule has 0 aliphatic carbocycles. The molecule has 4 aromatic carbocycles. The van der Waals surface area contributed by atoms with Gasteiger partial charge in [0.2, 0.25) is 0 Å². The van der Waals surface area contributed by atoms with Crippen molar-refractivity contribution in [1.29, 1.82) is 0 Å². The molecule has 0 saturated carbocycles. The van der Waals surface area contributed by atoms with Crippen molar-refractivity contribution in [2.24, 2.45) is 0 Å². The van der Waals surface area contributed by atoms with Crippen molar-refractivity contribution in [3.8, 4) is 22.5 Å². The number of hydrogen-bond acceptors (Lipinski definition) is 3. The summed E-state index contributed by atoms with van der Waals surface area (Å²) in [5.41, 5.74) is 5.25. The Morgan fingerprint density at radius 2 is 1.50 bits per heavy atom. The fourth-order valence-electron chi connectivity index (χ4n) is 4.71. The smallest absolute Gasteiger partial charge is 0.251 e. The molecule has 1 N–H and O–H groups in total. The molecular formula is C33H33N3OS. The van der Waals surface area contributed by atoms with Crippen LogP contribution in [0.3, 0.4) is 0 Å². The molecular weight excluding hydrogens is 486 g/mol. The van der Waals surface area contributed by atoms with Crippen LogP contribution in [0.15, 0.2) is 108 Å². The Hall–Kier alpha value is -3.83. The Kier molecular flexibility index (Phi) is 8.56. The Morgan fingerprint density at radius 1 is 0.816 bits per heavy atom. The molecule has 192 valence electrons. The number of carbonyl (C=O) groups is 1. The third kappa shape index (κ3) is 5.84. The Bertz CT molecular complexity index is 1490. The number of rotatable bonds is 11. The maximum absolute atomic E-state index is 12.9. The minimum Gasteiger partial charge on any atom is -0.352 e. The highest BCUT2D eigenvalue weighted by Gasteiger charge is 2.20. The second-order valence-corrected chi connectivity index (χ2v) is 10.4. The minimum atomic E-state index is -0.0195. The van der Waals surface area contributed by atoms with E-state index in [1.165, 1.54) is 11.3 Å². The van der Waals surface area contributed by atoms with Gasteiger partial charge < -0.3 is 9.88 Å². The highest BCUT2D eigenvalue weighted by atomic mass is 32.2. The van der Waals surface area contributed by atoms with Crippen LogP contribution in [-0.2, 0) is 6.54 Å². The first-order valence-corrected chi connectivity index (χ1v) is 14.3. The maximum Gasteiger partial charge on any atom is 0.251 e. The first kappa shape index (κ1) is 25.8. The molecule has 0 aliphatic heterocycles. The van der Waals surface area contributed by atoms with Gasteiger partial charge in [0.15, 0.2) is 5.16 Å². The van der Waals surface area contributed by atoms with E-state index in [1.807, 2.05) is 48.5 Å². The number of nitrogens with zero attached hydrogens (tertiary/aromatic N) is 2. The molecule has 0 saturated heterocycles. The van der Waals surface area contributed by atoms with E-state index in [-0.39, 0.29) is 5.91 Å². The van der Waals surface area contributed by atoms with E-state index in [0.29, 0.717) is 6.54 Å². The summed E-state index contributed by atoms with van der Waals surface area (Å²) >= 11 is 1.77. The van der Waals surface area contributed by atoms with E-state index >= 15 is 0 Å². The SMILES string of the molecule is CCCCn1c(SCCCNC(=O)c2cccc3ccccc23)nc(-c2ccccc2)c1-c1ccccc1. The number of imidazole rings is 1. The molecule has 0 fully saturated rings. The van der Waals surface area contributed by atoms with Gasteiger partial charge in [-0.2, -0.15) is 0 Å². The Balaban J connectivity index is 1.31. The van der Waals surface area contributed by atoms with Crippen molar-refractivity contribution >= 4 is 28.4 Å². The van der Waals surface area contributed by atoms with Gasteiger partial charge in [0.25, 0.3) is 5.91 Å². The van der Waals surface area contributed by atoms with Gasteiger partial charge in [0.1, 0.15) is 0 Å². The predicted octanol–water partition coefficient (Wildman–Crippen LogP) is 8.08. The van der Waals surface area contributed by atoms with E-state index in [9.17, 15) is 4.79 Å². The number of aromatic nitrogens is 2. The quantitative estimate of drug-likeness (QED) is 0.142. The highest BCUT2D eigenvalue weighted by Crippen LogP contribution is 2.36. The third-order valence-electron chi connectivity index (χ3n) is 6.63. The average Bonchev–Trinajstić information content (AvgIpc) is 3.34. The van der Waals surface area contributed by atoms with Crippen LogP contribution in [0.1, 0.15) is 36.5 Å². The van der Waals surface area contributed by atoms with Crippen LogP contribution in [0.5, 0.6) is 0 Å². The van der Waals surface area contributed by atoms with Gasteiger partial charge in [-0.1, -0.05) is 122 Å². The second-order valence-electron chi connectivity index (χ2n) is 9.31. The van der Waals surface area contributed by atoms with E-state index in [4.69, 9.17) is 4.98 Å². The fraction of sp³-hybridized carbons (Fsp3) is 0.212. The normalized spacial score (nSPS) is 11.1. The van der Waals surface area contributed by atoms with Gasteiger partial charge in [0.05, 0.1) is 11.4 Å². The standard InChI is InChI=1S/C33H33N3OS/c1-2-3-23-36-31(27-17-8-5-9-18-27)30(26-15-6-4-7-16-26)35-33(36)38-24-13-22-34-32(37)29-21-12-19-25-14-10-11-20-28(25)29/h4-12,14-21H,2-3,13,22-24H2,1H3,(H,34,37). The molecule has 0 radical (unpaired) electrons. The lowest BCUT2D eigenvalue weighted by Gasteiger charge is -2.13. The van der Waals surface area contributed by atoms with Gasteiger partial charge in [-0.3, -0.25) is 4.79 Å². The fourth-order valence-corrected chi connectivity index (χ4v) is 5.67. The molecule has 0 aliphatic rings. The van der Waals surface area contributed by atoms with Gasteiger partial charge >= 0.3 is 0 Å². The molecule has 1 aromatic heterocycles. The van der Waals surface area contributed by atoms with Crippen LogP contribution in [0.2, 0.25) is 0 Å². The lowest BCUT2D eigenvalue weighted by atomic mass is 10.0. The summed E-state index contributed by atoms with van der Waals surface area (Å²) in [6.45, 7) is 3.78. The summed E-state index contributed by atoms with van der Waals surface area (Å²) in [4.78, 5) is 18.1. The van der Waals surface area contributed by atoms with Crippen molar-refractivity contribution in [3.63, 3.8) is 0 Å². The summed E-state index contributed by atoms with van der Waals surface area (Å²) in [7, 11) is 0. The van der Waals surface area contributed by atoms with Gasteiger partial charge in [-0.25, -0.2) is 4.98 Å². The summed E-state index contributed by atoms with van der Waals surface area (Å²) in [6.07, 6.45) is 3.08. The van der Waals surface area contributed by atoms with Gasteiger partial charge in [-0.15, -0.1) is 0 Å². The summed E-state index contributed by atoms with van der Waals surface area (Å²) in [6, 6.07) is 34.9. The zero-order valence-corrected chi connectivity index (χ0v) is 22.6. The third-order valence-corrected chi connectivity index (χ3v) is 7.70. The molecule has 0 atom stereocenters. The van der Waals surface area contributed by atoms with Crippen molar-refractivity contribution in [2.75, 3.05) is 12.3 Å². The summed E-state index contributed by atoms with van der Waals surface area (Å²) in [5.74, 6) is 0.857. The van der Waals surface area contributed by atoms with Crippen LogP contribution in [-0.4, -0.2) is 27.8 Å². The zero-order chi connectivity index (χ0) is 26.2. The summed E-state index contributed by atoms with van der Waals surface area (Å²) in [5, 5.41) is 6.22. The van der Waals surface area contributed by atoms with Gasteiger partial charge in [0, 0.05) is 35.5 Å². The zero-order valence-electron chi connectivity index (χ0n) is 21.8. The second kappa shape index (κ2) is 12.6. The molecule has 0 unspecified atom stereocenters. The Morgan fingerprint density at radius 3 is 2.26 bits per heavy atom. The van der Waals surface area contributed by atoms with E-state index in [2.05, 4.69) is 71.4 Å². The largest absolute Gasteiger partial charge is 0.352 e. The van der Waals surface area contributed by atoms with Crippen molar-refractivity contribution in [1.82, 2.24) is 14.9 Å². The van der Waals surface area contributed by atoms with Gasteiger partial charge in [-0.05, 0) is 29.7 Å². The molecule has 5 heteroatoms. The molecule has 1 heterocycles.